The molecule has 21 heavy (non-hydrogen) atoms. The Morgan fingerprint density at radius 2 is 1.52 bits per heavy atom. The minimum Gasteiger partial charge on any atom is -0.490 e. The molecule has 0 radical (unpaired) electrons. The molecular formula is C18H27NO2. The predicted molar refractivity (Wildman–Crippen MR) is 86.0 cm³/mol. The van der Waals surface area contributed by atoms with E-state index in [1.807, 2.05) is 7.11 Å². The van der Waals surface area contributed by atoms with Gasteiger partial charge in [-0.3, -0.25) is 0 Å². The summed E-state index contributed by atoms with van der Waals surface area (Å²) in [7, 11) is 1.82. The molecule has 0 amide bonds. The predicted octanol–water partition coefficient (Wildman–Crippen LogP) is 4.38. The Morgan fingerprint density at radius 3 is 2.14 bits per heavy atom. The van der Waals surface area contributed by atoms with Crippen LogP contribution in [0.4, 0.5) is 5.69 Å². The van der Waals surface area contributed by atoms with Gasteiger partial charge in [0.2, 0.25) is 0 Å². The Bertz CT molecular complexity index is 417. The molecule has 2 fully saturated rings. The van der Waals surface area contributed by atoms with Crippen LogP contribution in [0.25, 0.3) is 0 Å². The van der Waals surface area contributed by atoms with Crippen LogP contribution in [0.15, 0.2) is 24.3 Å². The molecule has 3 nitrogen and oxygen atoms in total. The number of hydrogen-bond donors (Lipinski definition) is 1. The zero-order chi connectivity index (χ0) is 14.5. The summed E-state index contributed by atoms with van der Waals surface area (Å²) in [6.07, 6.45) is 10.7. The number of nitrogens with one attached hydrogen (secondary N) is 1. The number of anilines is 1. The number of methoxy groups -OCH3 is 1. The minimum atomic E-state index is 0.438. The number of rotatable bonds is 5. The van der Waals surface area contributed by atoms with Crippen LogP contribution in [0.2, 0.25) is 0 Å². The topological polar surface area (TPSA) is 30.5 Å². The molecule has 0 unspecified atom stereocenters. The first-order chi connectivity index (χ1) is 10.3. The van der Waals surface area contributed by atoms with Crippen LogP contribution in [0.3, 0.4) is 0 Å². The van der Waals surface area contributed by atoms with E-state index in [1.54, 1.807) is 0 Å². The van der Waals surface area contributed by atoms with Gasteiger partial charge in [0.25, 0.3) is 0 Å². The molecule has 0 saturated heterocycles. The average Bonchev–Trinajstić information content (AvgIpc) is 3.03. The molecule has 2 aliphatic carbocycles. The number of ether oxygens (including phenoxy) is 2. The molecule has 0 heterocycles. The van der Waals surface area contributed by atoms with Gasteiger partial charge in [-0.2, -0.15) is 0 Å². The molecule has 0 atom stereocenters. The van der Waals surface area contributed by atoms with E-state index in [-0.39, 0.29) is 0 Å². The van der Waals surface area contributed by atoms with Crippen molar-refractivity contribution >= 4 is 5.69 Å². The van der Waals surface area contributed by atoms with Gasteiger partial charge in [-0.1, -0.05) is 0 Å². The fourth-order valence-electron chi connectivity index (χ4n) is 3.51. The van der Waals surface area contributed by atoms with Crippen LogP contribution >= 0.6 is 0 Å². The van der Waals surface area contributed by atoms with Crippen LogP contribution in [0, 0.1) is 0 Å². The molecule has 0 aromatic heterocycles. The van der Waals surface area contributed by atoms with Crippen LogP contribution in [0.1, 0.15) is 51.4 Å². The maximum Gasteiger partial charge on any atom is 0.119 e. The van der Waals surface area contributed by atoms with Gasteiger partial charge < -0.3 is 14.8 Å². The molecule has 2 saturated carbocycles. The third-order valence-electron chi connectivity index (χ3n) is 4.84. The highest BCUT2D eigenvalue weighted by atomic mass is 16.5. The van der Waals surface area contributed by atoms with Crippen molar-refractivity contribution in [2.75, 3.05) is 12.4 Å². The summed E-state index contributed by atoms with van der Waals surface area (Å²) in [5, 5.41) is 3.64. The molecular weight excluding hydrogens is 262 g/mol. The van der Waals surface area contributed by atoms with Gasteiger partial charge in [0.1, 0.15) is 5.75 Å². The maximum absolute atomic E-state index is 6.00. The quantitative estimate of drug-likeness (QED) is 0.872. The van der Waals surface area contributed by atoms with Gasteiger partial charge in [0.05, 0.1) is 12.2 Å². The SMILES string of the molecule is COC1CCC(Nc2ccc(OC3CCCC3)cc2)CC1. The molecule has 0 spiro atoms. The molecule has 2 aliphatic rings. The second-order valence-electron chi connectivity index (χ2n) is 6.40. The zero-order valence-electron chi connectivity index (χ0n) is 13.0. The third-order valence-corrected chi connectivity index (χ3v) is 4.84. The number of benzene rings is 1. The summed E-state index contributed by atoms with van der Waals surface area (Å²) in [6, 6.07) is 9.07. The van der Waals surface area contributed by atoms with Crippen molar-refractivity contribution in [1.29, 1.82) is 0 Å². The highest BCUT2D eigenvalue weighted by Crippen LogP contribution is 2.27. The Balaban J connectivity index is 1.48. The van der Waals surface area contributed by atoms with Crippen LogP contribution < -0.4 is 10.1 Å². The lowest BCUT2D eigenvalue weighted by Gasteiger charge is -2.29. The van der Waals surface area contributed by atoms with Gasteiger partial charge in [-0.05, 0) is 75.6 Å². The normalized spacial score (nSPS) is 26.7. The van der Waals surface area contributed by atoms with Crippen LogP contribution in [-0.4, -0.2) is 25.4 Å². The third kappa shape index (κ3) is 4.13. The van der Waals surface area contributed by atoms with Gasteiger partial charge in [0.15, 0.2) is 0 Å². The summed E-state index contributed by atoms with van der Waals surface area (Å²) in [5.41, 5.74) is 1.20. The van der Waals surface area contributed by atoms with Crippen molar-refractivity contribution in [2.24, 2.45) is 0 Å². The molecule has 1 N–H and O–H groups in total. The minimum absolute atomic E-state index is 0.438. The summed E-state index contributed by atoms with van der Waals surface area (Å²) in [6.45, 7) is 0. The Labute approximate surface area is 128 Å². The molecule has 3 rings (SSSR count). The van der Waals surface area contributed by atoms with Gasteiger partial charge >= 0.3 is 0 Å². The lowest BCUT2D eigenvalue weighted by atomic mass is 9.93. The van der Waals surface area contributed by atoms with E-state index >= 15 is 0 Å². The monoisotopic (exact) mass is 289 g/mol. The summed E-state index contributed by atoms with van der Waals surface area (Å²) in [5.74, 6) is 1.01. The molecule has 0 aliphatic heterocycles. The Kier molecular flexibility index (Phi) is 5.02. The highest BCUT2D eigenvalue weighted by molar-refractivity contribution is 5.47. The molecule has 1 aromatic rings. The summed E-state index contributed by atoms with van der Waals surface area (Å²) in [4.78, 5) is 0. The van der Waals surface area contributed by atoms with E-state index in [2.05, 4.69) is 29.6 Å². The molecule has 3 heteroatoms. The van der Waals surface area contributed by atoms with Gasteiger partial charge in [0, 0.05) is 18.8 Å². The average molecular weight is 289 g/mol. The van der Waals surface area contributed by atoms with E-state index in [4.69, 9.17) is 9.47 Å². The smallest absolute Gasteiger partial charge is 0.119 e. The standard InChI is InChI=1S/C18H27NO2/c1-20-16-10-6-14(7-11-16)19-15-8-12-18(13-9-15)21-17-4-2-3-5-17/h8-9,12-14,16-17,19H,2-7,10-11H2,1H3. The second-order valence-corrected chi connectivity index (χ2v) is 6.40. The van der Waals surface area contributed by atoms with Crippen LogP contribution in [-0.2, 0) is 4.74 Å². The van der Waals surface area contributed by atoms with Crippen molar-refractivity contribution in [2.45, 2.75) is 69.6 Å². The largest absolute Gasteiger partial charge is 0.490 e. The van der Waals surface area contributed by atoms with E-state index in [1.165, 1.54) is 44.2 Å². The van der Waals surface area contributed by atoms with E-state index in [9.17, 15) is 0 Å². The Morgan fingerprint density at radius 1 is 0.857 bits per heavy atom. The van der Waals surface area contributed by atoms with Gasteiger partial charge in [-0.25, -0.2) is 0 Å². The van der Waals surface area contributed by atoms with E-state index < -0.39 is 0 Å². The maximum atomic E-state index is 6.00. The highest BCUT2D eigenvalue weighted by Gasteiger charge is 2.20. The van der Waals surface area contributed by atoms with E-state index in [0.29, 0.717) is 18.2 Å². The fourth-order valence-corrected chi connectivity index (χ4v) is 3.51. The summed E-state index contributed by atoms with van der Waals surface area (Å²) < 4.78 is 11.4. The molecule has 116 valence electrons. The Hall–Kier alpha value is -1.22. The zero-order valence-corrected chi connectivity index (χ0v) is 13.0. The first-order valence-corrected chi connectivity index (χ1v) is 8.39. The number of hydrogen-bond acceptors (Lipinski definition) is 3. The van der Waals surface area contributed by atoms with Crippen molar-refractivity contribution < 1.29 is 9.47 Å². The van der Waals surface area contributed by atoms with Crippen molar-refractivity contribution in [3.05, 3.63) is 24.3 Å². The first-order valence-electron chi connectivity index (χ1n) is 8.39. The van der Waals surface area contributed by atoms with Crippen LogP contribution in [0.5, 0.6) is 5.75 Å². The van der Waals surface area contributed by atoms with Gasteiger partial charge in [-0.15, -0.1) is 0 Å². The summed E-state index contributed by atoms with van der Waals surface area (Å²) >= 11 is 0. The fraction of sp³-hybridized carbons (Fsp3) is 0.667. The van der Waals surface area contributed by atoms with E-state index in [0.717, 1.165) is 18.6 Å². The first kappa shape index (κ1) is 14.7. The second kappa shape index (κ2) is 7.17. The van der Waals surface area contributed by atoms with Crippen molar-refractivity contribution in [1.82, 2.24) is 0 Å². The lowest BCUT2D eigenvalue weighted by Crippen LogP contribution is -2.29. The lowest BCUT2D eigenvalue weighted by molar-refractivity contribution is 0.0682. The molecule has 1 aromatic carbocycles. The van der Waals surface area contributed by atoms with Crippen molar-refractivity contribution in [3.8, 4) is 5.75 Å². The molecule has 0 bridgehead atoms. The van der Waals surface area contributed by atoms with Crippen molar-refractivity contribution in [3.63, 3.8) is 0 Å².